The van der Waals surface area contributed by atoms with Crippen LogP contribution in [0.2, 0.25) is 0 Å². The van der Waals surface area contributed by atoms with Crippen LogP contribution in [0.3, 0.4) is 0 Å². The van der Waals surface area contributed by atoms with Crippen molar-refractivity contribution in [2.24, 2.45) is 14.1 Å². The third-order valence-electron chi connectivity index (χ3n) is 6.19. The molecule has 1 aliphatic rings. The lowest BCUT2D eigenvalue weighted by atomic mass is 10.0. The highest BCUT2D eigenvalue weighted by Gasteiger charge is 2.33. The van der Waals surface area contributed by atoms with Crippen molar-refractivity contribution in [3.8, 4) is 17.3 Å². The summed E-state index contributed by atoms with van der Waals surface area (Å²) in [5.41, 5.74) is 4.92. The van der Waals surface area contributed by atoms with Gasteiger partial charge in [-0.05, 0) is 36.2 Å². The minimum atomic E-state index is -0.463. The summed E-state index contributed by atoms with van der Waals surface area (Å²) in [6.45, 7) is 3.05. The lowest BCUT2D eigenvalue weighted by Crippen LogP contribution is -2.37. The predicted octanol–water partition coefficient (Wildman–Crippen LogP) is 3.01. The van der Waals surface area contributed by atoms with Gasteiger partial charge in [0, 0.05) is 20.6 Å². The molecule has 160 valence electrons. The molecule has 7 heteroatoms. The average Bonchev–Trinajstić information content (AvgIpc) is 3.17. The molecule has 5 rings (SSSR count). The van der Waals surface area contributed by atoms with Crippen molar-refractivity contribution in [3.63, 3.8) is 0 Å². The van der Waals surface area contributed by atoms with Gasteiger partial charge in [-0.15, -0.1) is 0 Å². The normalized spacial score (nSPS) is 15.5. The molecule has 3 heterocycles. The molecule has 1 unspecified atom stereocenters. The number of rotatable bonds is 2. The zero-order valence-electron chi connectivity index (χ0n) is 18.1. The van der Waals surface area contributed by atoms with Gasteiger partial charge in [0.25, 0.3) is 5.56 Å². The number of aryl methyl sites for hydroxylation is 2. The first-order valence-electron chi connectivity index (χ1n) is 10.4. The first kappa shape index (κ1) is 20.0. The predicted molar refractivity (Wildman–Crippen MR) is 122 cm³/mol. The quantitative estimate of drug-likeness (QED) is 0.493. The minimum absolute atomic E-state index is 0.319. The van der Waals surface area contributed by atoms with E-state index in [-0.39, 0.29) is 11.2 Å². The number of hydrogen-bond donors (Lipinski definition) is 0. The van der Waals surface area contributed by atoms with E-state index in [1.54, 1.807) is 19.2 Å². The van der Waals surface area contributed by atoms with Crippen LogP contribution >= 0.6 is 0 Å². The Bertz CT molecular complexity index is 1530. The molecule has 32 heavy (non-hydrogen) atoms. The van der Waals surface area contributed by atoms with Gasteiger partial charge in [0.15, 0.2) is 0 Å². The molecule has 0 saturated carbocycles. The molecule has 0 amide bonds. The summed E-state index contributed by atoms with van der Waals surface area (Å²) >= 11 is 0. The Morgan fingerprint density at radius 2 is 1.81 bits per heavy atom. The van der Waals surface area contributed by atoms with Crippen LogP contribution in [-0.4, -0.2) is 20.3 Å². The molecule has 0 spiro atoms. The van der Waals surface area contributed by atoms with E-state index in [2.05, 4.69) is 16.7 Å². The summed E-state index contributed by atoms with van der Waals surface area (Å²) in [4.78, 5) is 26.2. The van der Waals surface area contributed by atoms with Gasteiger partial charge < -0.3 is 9.30 Å². The Labute approximate surface area is 184 Å². The largest absolute Gasteiger partial charge is 0.365 e. The van der Waals surface area contributed by atoms with E-state index in [1.165, 1.54) is 11.6 Å². The number of benzene rings is 2. The molecule has 0 aliphatic carbocycles. The molecular formula is C25H22N4O3. The number of ether oxygens (including phenoxy) is 1. The third-order valence-corrected chi connectivity index (χ3v) is 6.19. The maximum Gasteiger partial charge on any atom is 0.331 e. The van der Waals surface area contributed by atoms with Crippen molar-refractivity contribution in [2.75, 3.05) is 6.61 Å². The van der Waals surface area contributed by atoms with Gasteiger partial charge in [-0.3, -0.25) is 13.9 Å². The highest BCUT2D eigenvalue weighted by atomic mass is 16.5. The number of nitrogens with zero attached hydrogens (tertiary/aromatic N) is 4. The summed E-state index contributed by atoms with van der Waals surface area (Å²) in [5.74, 6) is 0. The van der Waals surface area contributed by atoms with Crippen molar-refractivity contribution in [1.29, 1.82) is 5.26 Å². The molecule has 2 aromatic carbocycles. The second-order valence-electron chi connectivity index (χ2n) is 8.17. The molecule has 4 aromatic rings. The van der Waals surface area contributed by atoms with Crippen LogP contribution in [0.5, 0.6) is 0 Å². The summed E-state index contributed by atoms with van der Waals surface area (Å²) in [6, 6.07) is 17.4. The first-order chi connectivity index (χ1) is 15.4. The summed E-state index contributed by atoms with van der Waals surface area (Å²) in [5, 5.41) is 9.67. The maximum absolute atomic E-state index is 13.4. The van der Waals surface area contributed by atoms with Crippen LogP contribution < -0.4 is 11.2 Å². The highest BCUT2D eigenvalue weighted by molar-refractivity contribution is 5.96. The topological polar surface area (TPSA) is 81.9 Å². The van der Waals surface area contributed by atoms with Crippen LogP contribution in [0.1, 0.15) is 28.5 Å². The fraction of sp³-hybridized carbons (Fsp3) is 0.240. The molecule has 0 N–H and O–H groups in total. The molecule has 7 nitrogen and oxygen atoms in total. The third kappa shape index (κ3) is 2.84. The van der Waals surface area contributed by atoms with Gasteiger partial charge in [0.1, 0.15) is 6.10 Å². The van der Waals surface area contributed by atoms with E-state index in [4.69, 9.17) is 10.00 Å². The van der Waals surface area contributed by atoms with Crippen LogP contribution in [0, 0.1) is 18.3 Å². The van der Waals surface area contributed by atoms with Gasteiger partial charge in [-0.2, -0.15) is 5.26 Å². The smallest absolute Gasteiger partial charge is 0.331 e. The number of aromatic nitrogens is 3. The Kier molecular flexibility index (Phi) is 4.61. The first-order valence-corrected chi connectivity index (χ1v) is 10.4. The van der Waals surface area contributed by atoms with Crippen LogP contribution in [0.25, 0.3) is 22.2 Å². The van der Waals surface area contributed by atoms with Crippen LogP contribution in [0.4, 0.5) is 0 Å². The van der Waals surface area contributed by atoms with Gasteiger partial charge in [0.2, 0.25) is 0 Å². The fourth-order valence-electron chi connectivity index (χ4n) is 4.66. The monoisotopic (exact) mass is 426 g/mol. The molecule has 1 atom stereocenters. The van der Waals surface area contributed by atoms with Crippen molar-refractivity contribution in [2.45, 2.75) is 19.6 Å². The Balaban J connectivity index is 1.92. The molecule has 2 aromatic heterocycles. The van der Waals surface area contributed by atoms with E-state index < -0.39 is 6.10 Å². The Morgan fingerprint density at radius 3 is 2.50 bits per heavy atom. The molecule has 0 radical (unpaired) electrons. The molecule has 0 saturated heterocycles. The Morgan fingerprint density at radius 1 is 1.06 bits per heavy atom. The van der Waals surface area contributed by atoms with Gasteiger partial charge in [-0.25, -0.2) is 4.79 Å². The average molecular weight is 426 g/mol. The SMILES string of the molecule is Cc1cccc(-c2c3c(=O)n(C)c(=O)n(C)c3c3n2CCOC3c2ccc(C#N)cc2)c1. The van der Waals surface area contributed by atoms with Crippen molar-refractivity contribution < 1.29 is 4.74 Å². The van der Waals surface area contributed by atoms with Crippen LogP contribution in [0.15, 0.2) is 58.1 Å². The van der Waals surface area contributed by atoms with Crippen LogP contribution in [-0.2, 0) is 25.4 Å². The van der Waals surface area contributed by atoms with Gasteiger partial charge in [0.05, 0.1) is 40.5 Å². The zero-order valence-corrected chi connectivity index (χ0v) is 18.1. The van der Waals surface area contributed by atoms with Crippen molar-refractivity contribution in [3.05, 3.63) is 91.8 Å². The van der Waals surface area contributed by atoms with E-state index >= 15 is 0 Å². The molecular weight excluding hydrogens is 404 g/mol. The standard InChI is InChI=1S/C25H22N4O3/c1-15-5-4-6-18(13-15)20-19-21(27(2)25(31)28(3)24(19)30)22-23(32-12-11-29(20)22)17-9-7-16(14-26)8-10-17/h4-10,13,23H,11-12H2,1-3H3. The number of hydrogen-bond acceptors (Lipinski definition) is 4. The summed E-state index contributed by atoms with van der Waals surface area (Å²) < 4.78 is 11.0. The second kappa shape index (κ2) is 7.36. The maximum atomic E-state index is 13.4. The lowest BCUT2D eigenvalue weighted by molar-refractivity contribution is 0.0478. The molecule has 1 aliphatic heterocycles. The van der Waals surface area contributed by atoms with E-state index in [0.29, 0.717) is 29.6 Å². The van der Waals surface area contributed by atoms with Gasteiger partial charge >= 0.3 is 5.69 Å². The van der Waals surface area contributed by atoms with Gasteiger partial charge in [-0.1, -0.05) is 35.9 Å². The van der Waals surface area contributed by atoms with E-state index in [9.17, 15) is 9.59 Å². The zero-order chi connectivity index (χ0) is 22.6. The minimum Gasteiger partial charge on any atom is -0.365 e. The number of fused-ring (bicyclic) bond motifs is 3. The molecule has 0 bridgehead atoms. The van der Waals surface area contributed by atoms with Crippen molar-refractivity contribution in [1.82, 2.24) is 13.7 Å². The van der Waals surface area contributed by atoms with E-state index in [1.807, 2.05) is 37.3 Å². The second-order valence-corrected chi connectivity index (χ2v) is 8.17. The fourth-order valence-corrected chi connectivity index (χ4v) is 4.66. The van der Waals surface area contributed by atoms with E-state index in [0.717, 1.165) is 32.6 Å². The highest BCUT2D eigenvalue weighted by Crippen LogP contribution is 2.40. The Hall–Kier alpha value is -3.89. The summed E-state index contributed by atoms with van der Waals surface area (Å²) in [6.07, 6.45) is -0.463. The lowest BCUT2D eigenvalue weighted by Gasteiger charge is -2.27. The molecule has 0 fully saturated rings. The van der Waals surface area contributed by atoms with Crippen molar-refractivity contribution >= 4 is 10.9 Å². The summed E-state index contributed by atoms with van der Waals surface area (Å²) in [7, 11) is 3.20. The number of nitriles is 1.